The van der Waals surface area contributed by atoms with Crippen LogP contribution in [-0.2, 0) is 0 Å². The molecule has 1 fully saturated rings. The smallest absolute Gasteiger partial charge is 0.138 e. The molecule has 1 aromatic heterocycles. The molecule has 0 amide bonds. The summed E-state index contributed by atoms with van der Waals surface area (Å²) in [4.78, 5) is 1.40. The third-order valence-electron chi connectivity index (χ3n) is 3.56. The number of rotatable bonds is 6. The zero-order chi connectivity index (χ0) is 14.8. The number of thiophene rings is 1. The van der Waals surface area contributed by atoms with Gasteiger partial charge in [-0.05, 0) is 62.3 Å². The second-order valence-corrected chi connectivity index (χ2v) is 7.17. The zero-order valence-corrected chi connectivity index (χ0v) is 13.9. The van der Waals surface area contributed by atoms with Crippen molar-refractivity contribution in [3.8, 4) is 5.75 Å². The first-order chi connectivity index (χ1) is 10.1. The van der Waals surface area contributed by atoms with Crippen molar-refractivity contribution in [2.24, 2.45) is 5.92 Å². The van der Waals surface area contributed by atoms with Gasteiger partial charge < -0.3 is 10.1 Å². The van der Waals surface area contributed by atoms with Crippen LogP contribution in [0.2, 0.25) is 5.02 Å². The summed E-state index contributed by atoms with van der Waals surface area (Å²) in [6.45, 7) is 4.00. The largest absolute Gasteiger partial charge is 0.489 e. The molecule has 1 aromatic carbocycles. The van der Waals surface area contributed by atoms with E-state index in [-0.39, 0.29) is 6.10 Å². The molecule has 0 spiro atoms. The zero-order valence-electron chi connectivity index (χ0n) is 12.3. The third-order valence-corrected chi connectivity index (χ3v) is 4.81. The van der Waals surface area contributed by atoms with Crippen molar-refractivity contribution in [3.05, 3.63) is 45.6 Å². The van der Waals surface area contributed by atoms with Gasteiger partial charge in [-0.25, -0.2) is 0 Å². The van der Waals surface area contributed by atoms with Crippen LogP contribution in [0.5, 0.6) is 5.75 Å². The number of benzene rings is 1. The summed E-state index contributed by atoms with van der Waals surface area (Å²) in [5.41, 5.74) is 1.06. The molecule has 21 heavy (non-hydrogen) atoms. The SMILES string of the molecule is CC(C)Oc1ccc(NC(c2cccs2)C2CC2)cc1Cl. The normalized spacial score (nSPS) is 16.0. The Hall–Kier alpha value is -1.19. The molecule has 0 saturated heterocycles. The molecule has 3 rings (SSSR count). The minimum Gasteiger partial charge on any atom is -0.489 e. The minimum absolute atomic E-state index is 0.131. The van der Waals surface area contributed by atoms with Crippen molar-refractivity contribution in [2.45, 2.75) is 38.8 Å². The molecule has 1 aliphatic carbocycles. The van der Waals surface area contributed by atoms with Gasteiger partial charge in [0, 0.05) is 10.6 Å². The average molecular weight is 322 g/mol. The fourth-order valence-electron chi connectivity index (χ4n) is 2.44. The lowest BCUT2D eigenvalue weighted by Crippen LogP contribution is -2.11. The fourth-order valence-corrected chi connectivity index (χ4v) is 3.53. The Morgan fingerprint density at radius 3 is 2.67 bits per heavy atom. The summed E-state index contributed by atoms with van der Waals surface area (Å²) in [6.07, 6.45) is 2.74. The molecule has 0 bridgehead atoms. The van der Waals surface area contributed by atoms with E-state index in [2.05, 4.69) is 22.8 Å². The van der Waals surface area contributed by atoms with E-state index in [0.29, 0.717) is 11.1 Å². The highest BCUT2D eigenvalue weighted by Gasteiger charge is 2.32. The highest BCUT2D eigenvalue weighted by molar-refractivity contribution is 7.10. The minimum atomic E-state index is 0.131. The standard InChI is InChI=1S/C17H20ClNOS/c1-11(2)20-15-8-7-13(10-14(15)18)19-17(12-5-6-12)16-4-3-9-21-16/h3-4,7-12,17,19H,5-6H2,1-2H3. The summed E-state index contributed by atoms with van der Waals surface area (Å²) < 4.78 is 5.68. The van der Waals surface area contributed by atoms with Crippen molar-refractivity contribution in [1.29, 1.82) is 0 Å². The fraction of sp³-hybridized carbons (Fsp3) is 0.412. The van der Waals surface area contributed by atoms with Crippen molar-refractivity contribution in [2.75, 3.05) is 5.32 Å². The highest BCUT2D eigenvalue weighted by Crippen LogP contribution is 2.44. The Morgan fingerprint density at radius 2 is 2.10 bits per heavy atom. The molecule has 1 atom stereocenters. The van der Waals surface area contributed by atoms with Crippen LogP contribution in [0, 0.1) is 5.92 Å². The van der Waals surface area contributed by atoms with E-state index >= 15 is 0 Å². The van der Waals surface area contributed by atoms with Gasteiger partial charge in [0.05, 0.1) is 17.2 Å². The molecular weight excluding hydrogens is 302 g/mol. The quantitative estimate of drug-likeness (QED) is 0.731. The second-order valence-electron chi connectivity index (χ2n) is 5.79. The van der Waals surface area contributed by atoms with Gasteiger partial charge in [0.1, 0.15) is 5.75 Å². The first-order valence-corrected chi connectivity index (χ1v) is 8.65. The average Bonchev–Trinajstić information content (AvgIpc) is 3.13. The van der Waals surface area contributed by atoms with Crippen molar-refractivity contribution in [3.63, 3.8) is 0 Å². The predicted octanol–water partition coefficient (Wildman–Crippen LogP) is 5.75. The van der Waals surface area contributed by atoms with Crippen LogP contribution < -0.4 is 10.1 Å². The maximum absolute atomic E-state index is 6.31. The monoisotopic (exact) mass is 321 g/mol. The Labute approximate surface area is 135 Å². The molecule has 1 unspecified atom stereocenters. The summed E-state index contributed by atoms with van der Waals surface area (Å²) in [7, 11) is 0. The molecule has 1 aliphatic rings. The molecule has 2 nitrogen and oxygen atoms in total. The molecule has 1 saturated carbocycles. The van der Waals surface area contributed by atoms with Gasteiger partial charge in [0.25, 0.3) is 0 Å². The predicted molar refractivity (Wildman–Crippen MR) is 90.6 cm³/mol. The van der Waals surface area contributed by atoms with E-state index in [1.165, 1.54) is 17.7 Å². The number of anilines is 1. The molecule has 1 N–H and O–H groups in total. The second kappa shape index (κ2) is 6.29. The molecule has 1 heterocycles. The van der Waals surface area contributed by atoms with E-state index in [1.807, 2.05) is 43.4 Å². The number of hydrogen-bond donors (Lipinski definition) is 1. The number of ether oxygens (including phenoxy) is 1. The van der Waals surface area contributed by atoms with Crippen molar-refractivity contribution < 1.29 is 4.74 Å². The van der Waals surface area contributed by atoms with Crippen LogP contribution >= 0.6 is 22.9 Å². The summed E-state index contributed by atoms with van der Waals surface area (Å²) in [6, 6.07) is 10.7. The summed E-state index contributed by atoms with van der Waals surface area (Å²) >= 11 is 8.13. The molecule has 2 aromatic rings. The lowest BCUT2D eigenvalue weighted by molar-refractivity contribution is 0.242. The van der Waals surface area contributed by atoms with Crippen LogP contribution in [0.1, 0.15) is 37.6 Å². The number of nitrogens with one attached hydrogen (secondary N) is 1. The molecular formula is C17H20ClNOS. The number of halogens is 1. The van der Waals surface area contributed by atoms with Crippen LogP contribution in [0.4, 0.5) is 5.69 Å². The topological polar surface area (TPSA) is 21.3 Å². The summed E-state index contributed by atoms with van der Waals surface area (Å²) in [5, 5.41) is 6.43. The summed E-state index contributed by atoms with van der Waals surface area (Å²) in [5.74, 6) is 1.49. The lowest BCUT2D eigenvalue weighted by Gasteiger charge is -2.19. The molecule has 112 valence electrons. The van der Waals surface area contributed by atoms with Gasteiger partial charge in [-0.3, -0.25) is 0 Å². The van der Waals surface area contributed by atoms with Crippen LogP contribution in [0.15, 0.2) is 35.7 Å². The Kier molecular flexibility index (Phi) is 4.41. The highest BCUT2D eigenvalue weighted by atomic mass is 35.5. The van der Waals surface area contributed by atoms with E-state index in [9.17, 15) is 0 Å². The van der Waals surface area contributed by atoms with Crippen LogP contribution in [0.3, 0.4) is 0 Å². The van der Waals surface area contributed by atoms with Gasteiger partial charge in [-0.1, -0.05) is 17.7 Å². The Morgan fingerprint density at radius 1 is 1.29 bits per heavy atom. The molecule has 0 aliphatic heterocycles. The Bertz CT molecular complexity index is 593. The maximum atomic E-state index is 6.31. The first kappa shape index (κ1) is 14.7. The first-order valence-electron chi connectivity index (χ1n) is 7.39. The van der Waals surface area contributed by atoms with Gasteiger partial charge in [0.15, 0.2) is 0 Å². The molecule has 4 heteroatoms. The van der Waals surface area contributed by atoms with E-state index < -0.39 is 0 Å². The molecule has 0 radical (unpaired) electrons. The van der Waals surface area contributed by atoms with Gasteiger partial charge >= 0.3 is 0 Å². The van der Waals surface area contributed by atoms with Crippen molar-refractivity contribution >= 4 is 28.6 Å². The van der Waals surface area contributed by atoms with Gasteiger partial charge in [-0.15, -0.1) is 11.3 Å². The van der Waals surface area contributed by atoms with Crippen molar-refractivity contribution in [1.82, 2.24) is 0 Å². The van der Waals surface area contributed by atoms with E-state index in [4.69, 9.17) is 16.3 Å². The third kappa shape index (κ3) is 3.72. The maximum Gasteiger partial charge on any atom is 0.138 e. The van der Waals surface area contributed by atoms with Crippen LogP contribution in [0.25, 0.3) is 0 Å². The number of hydrogen-bond acceptors (Lipinski definition) is 3. The van der Waals surface area contributed by atoms with Crippen LogP contribution in [-0.4, -0.2) is 6.10 Å². The van der Waals surface area contributed by atoms with Gasteiger partial charge in [0.2, 0.25) is 0 Å². The Balaban J connectivity index is 1.76. The van der Waals surface area contributed by atoms with E-state index in [1.54, 1.807) is 0 Å². The van der Waals surface area contributed by atoms with E-state index in [0.717, 1.165) is 17.4 Å². The van der Waals surface area contributed by atoms with Gasteiger partial charge in [-0.2, -0.15) is 0 Å². The lowest BCUT2D eigenvalue weighted by atomic mass is 10.1.